The summed E-state index contributed by atoms with van der Waals surface area (Å²) in [5.74, 6) is -0.658. The fourth-order valence-electron chi connectivity index (χ4n) is 2.63. The standard InChI is InChI=1S/C16H12BrClFNO/c17-13-7-12(19)8-14(18)15(13)20-16(21)11-5-9-3-1-2-4-10(9)6-11/h1-4,7-8,11H,5-6H2,(H,20,21). The average Bonchev–Trinajstić information content (AvgIpc) is 2.86. The highest BCUT2D eigenvalue weighted by molar-refractivity contribution is 9.10. The zero-order valence-electron chi connectivity index (χ0n) is 11.0. The molecule has 1 N–H and O–H groups in total. The Labute approximate surface area is 135 Å². The topological polar surface area (TPSA) is 29.1 Å². The lowest BCUT2D eigenvalue weighted by atomic mass is 10.1. The Morgan fingerprint density at radius 2 is 1.86 bits per heavy atom. The van der Waals surface area contributed by atoms with Gasteiger partial charge < -0.3 is 5.32 Å². The van der Waals surface area contributed by atoms with Gasteiger partial charge in [-0.15, -0.1) is 0 Å². The Kier molecular flexibility index (Phi) is 4.00. The summed E-state index contributed by atoms with van der Waals surface area (Å²) in [4.78, 5) is 12.4. The molecule has 0 atom stereocenters. The van der Waals surface area contributed by atoms with Gasteiger partial charge in [0.15, 0.2) is 0 Å². The van der Waals surface area contributed by atoms with Crippen molar-refractivity contribution in [3.8, 4) is 0 Å². The number of nitrogens with one attached hydrogen (secondary N) is 1. The van der Waals surface area contributed by atoms with Gasteiger partial charge in [-0.1, -0.05) is 35.9 Å². The Hall–Kier alpha value is -1.39. The fraction of sp³-hybridized carbons (Fsp3) is 0.188. The van der Waals surface area contributed by atoms with Crippen LogP contribution in [-0.2, 0) is 17.6 Å². The van der Waals surface area contributed by atoms with Crippen LogP contribution in [0, 0.1) is 11.7 Å². The molecule has 0 unspecified atom stereocenters. The highest BCUT2D eigenvalue weighted by atomic mass is 79.9. The van der Waals surface area contributed by atoms with E-state index in [1.54, 1.807) is 0 Å². The van der Waals surface area contributed by atoms with Crippen molar-refractivity contribution in [3.63, 3.8) is 0 Å². The summed E-state index contributed by atoms with van der Waals surface area (Å²) < 4.78 is 13.6. The number of amides is 1. The summed E-state index contributed by atoms with van der Waals surface area (Å²) in [7, 11) is 0. The molecule has 1 aliphatic rings. The Balaban J connectivity index is 1.77. The minimum atomic E-state index is -0.446. The van der Waals surface area contributed by atoms with Crippen molar-refractivity contribution in [2.24, 2.45) is 5.92 Å². The van der Waals surface area contributed by atoms with Crippen LogP contribution < -0.4 is 5.32 Å². The zero-order valence-corrected chi connectivity index (χ0v) is 13.3. The second-order valence-corrected chi connectivity index (χ2v) is 6.37. The summed E-state index contributed by atoms with van der Waals surface area (Å²) in [6.07, 6.45) is 1.44. The van der Waals surface area contributed by atoms with E-state index < -0.39 is 5.82 Å². The number of carbonyl (C=O) groups excluding carboxylic acids is 1. The molecule has 2 nitrogen and oxygen atoms in total. The molecule has 1 amide bonds. The molecule has 0 spiro atoms. The van der Waals surface area contributed by atoms with E-state index in [4.69, 9.17) is 11.6 Å². The van der Waals surface area contributed by atoms with Gasteiger partial charge in [-0.3, -0.25) is 4.79 Å². The molecular weight excluding hydrogens is 357 g/mol. The van der Waals surface area contributed by atoms with E-state index in [-0.39, 0.29) is 16.8 Å². The van der Waals surface area contributed by atoms with Crippen molar-refractivity contribution >= 4 is 39.1 Å². The number of halogens is 3. The first kappa shape index (κ1) is 14.5. The van der Waals surface area contributed by atoms with Gasteiger partial charge in [0.25, 0.3) is 0 Å². The van der Waals surface area contributed by atoms with Gasteiger partial charge in [-0.2, -0.15) is 0 Å². The van der Waals surface area contributed by atoms with Crippen molar-refractivity contribution in [2.45, 2.75) is 12.8 Å². The van der Waals surface area contributed by atoms with Crippen LogP contribution in [0.1, 0.15) is 11.1 Å². The number of benzene rings is 2. The summed E-state index contributed by atoms with van der Waals surface area (Å²) in [6.45, 7) is 0. The summed E-state index contributed by atoms with van der Waals surface area (Å²) >= 11 is 9.21. The Morgan fingerprint density at radius 1 is 1.24 bits per heavy atom. The van der Waals surface area contributed by atoms with Crippen molar-refractivity contribution < 1.29 is 9.18 Å². The lowest BCUT2D eigenvalue weighted by Crippen LogP contribution is -2.23. The third-order valence-electron chi connectivity index (χ3n) is 3.68. The van der Waals surface area contributed by atoms with E-state index in [1.807, 2.05) is 24.3 Å². The van der Waals surface area contributed by atoms with Crippen molar-refractivity contribution in [2.75, 3.05) is 5.32 Å². The fourth-order valence-corrected chi connectivity index (χ4v) is 3.53. The SMILES string of the molecule is O=C(Nc1c(Cl)cc(F)cc1Br)C1Cc2ccccc2C1. The molecule has 0 saturated heterocycles. The number of anilines is 1. The van der Waals surface area contributed by atoms with Gasteiger partial charge in [-0.25, -0.2) is 4.39 Å². The monoisotopic (exact) mass is 367 g/mol. The maximum atomic E-state index is 13.2. The summed E-state index contributed by atoms with van der Waals surface area (Å²) in [6, 6.07) is 10.5. The highest BCUT2D eigenvalue weighted by Gasteiger charge is 2.27. The van der Waals surface area contributed by atoms with Gasteiger partial charge in [0.2, 0.25) is 5.91 Å². The summed E-state index contributed by atoms with van der Waals surface area (Å²) in [5, 5.41) is 2.98. The van der Waals surface area contributed by atoms with Gasteiger partial charge in [0.1, 0.15) is 5.82 Å². The second kappa shape index (κ2) is 5.78. The van der Waals surface area contributed by atoms with Crippen molar-refractivity contribution in [1.82, 2.24) is 0 Å². The molecule has 108 valence electrons. The highest BCUT2D eigenvalue weighted by Crippen LogP contribution is 2.33. The minimum absolute atomic E-state index is 0.0968. The van der Waals surface area contributed by atoms with Crippen LogP contribution in [0.15, 0.2) is 40.9 Å². The van der Waals surface area contributed by atoms with E-state index in [1.165, 1.54) is 23.3 Å². The van der Waals surface area contributed by atoms with E-state index in [0.717, 1.165) is 12.8 Å². The molecule has 21 heavy (non-hydrogen) atoms. The number of carbonyl (C=O) groups is 1. The largest absolute Gasteiger partial charge is 0.324 e. The molecule has 0 heterocycles. The Bertz CT molecular complexity index is 671. The molecule has 0 aliphatic heterocycles. The maximum Gasteiger partial charge on any atom is 0.228 e. The maximum absolute atomic E-state index is 13.2. The number of rotatable bonds is 2. The first-order valence-electron chi connectivity index (χ1n) is 6.57. The molecule has 0 saturated carbocycles. The molecule has 0 fully saturated rings. The van der Waals surface area contributed by atoms with Gasteiger partial charge in [-0.05, 0) is 52.0 Å². The minimum Gasteiger partial charge on any atom is -0.324 e. The molecule has 2 aromatic rings. The summed E-state index contributed by atoms with van der Waals surface area (Å²) in [5.41, 5.74) is 2.84. The van der Waals surface area contributed by atoms with Crippen molar-refractivity contribution in [1.29, 1.82) is 0 Å². The van der Waals surface area contributed by atoms with Crippen LogP contribution in [-0.4, -0.2) is 5.91 Å². The lowest BCUT2D eigenvalue weighted by Gasteiger charge is -2.13. The van der Waals surface area contributed by atoms with Crippen LogP contribution in [0.3, 0.4) is 0 Å². The first-order valence-corrected chi connectivity index (χ1v) is 7.74. The molecule has 2 aromatic carbocycles. The van der Waals surface area contributed by atoms with Crippen LogP contribution in [0.25, 0.3) is 0 Å². The molecule has 0 radical (unpaired) electrons. The quantitative estimate of drug-likeness (QED) is 0.825. The molecule has 1 aliphatic carbocycles. The van der Waals surface area contributed by atoms with Gasteiger partial charge in [0.05, 0.1) is 10.7 Å². The number of hydrogen-bond donors (Lipinski definition) is 1. The van der Waals surface area contributed by atoms with E-state index in [9.17, 15) is 9.18 Å². The van der Waals surface area contributed by atoms with Crippen LogP contribution >= 0.6 is 27.5 Å². The molecule has 0 bridgehead atoms. The molecule has 5 heteroatoms. The van der Waals surface area contributed by atoms with E-state index >= 15 is 0 Å². The van der Waals surface area contributed by atoms with E-state index in [0.29, 0.717) is 10.2 Å². The normalized spacial score (nSPS) is 14.0. The van der Waals surface area contributed by atoms with Crippen molar-refractivity contribution in [3.05, 3.63) is 62.8 Å². The third-order valence-corrected chi connectivity index (χ3v) is 4.60. The van der Waals surface area contributed by atoms with Gasteiger partial charge in [0, 0.05) is 10.4 Å². The van der Waals surface area contributed by atoms with Crippen LogP contribution in [0.4, 0.5) is 10.1 Å². The Morgan fingerprint density at radius 3 is 2.43 bits per heavy atom. The molecule has 3 rings (SSSR count). The second-order valence-electron chi connectivity index (χ2n) is 5.11. The lowest BCUT2D eigenvalue weighted by molar-refractivity contribution is -0.119. The predicted octanol–water partition coefficient (Wildman–Crippen LogP) is 4.60. The average molecular weight is 369 g/mol. The number of hydrogen-bond acceptors (Lipinski definition) is 1. The van der Waals surface area contributed by atoms with E-state index in [2.05, 4.69) is 21.2 Å². The molecule has 0 aromatic heterocycles. The predicted molar refractivity (Wildman–Crippen MR) is 85.1 cm³/mol. The molecular formula is C16H12BrClFNO. The first-order chi connectivity index (χ1) is 10.0. The zero-order chi connectivity index (χ0) is 15.0. The van der Waals surface area contributed by atoms with Crippen LogP contribution in [0.2, 0.25) is 5.02 Å². The van der Waals surface area contributed by atoms with Gasteiger partial charge >= 0.3 is 0 Å². The smallest absolute Gasteiger partial charge is 0.228 e. The third kappa shape index (κ3) is 2.97. The van der Waals surface area contributed by atoms with Crippen LogP contribution in [0.5, 0.6) is 0 Å². The number of fused-ring (bicyclic) bond motifs is 1.